The molecule has 90 valence electrons. The molecule has 0 unspecified atom stereocenters. The number of hydrogen-bond acceptors (Lipinski definition) is 2. The van der Waals surface area contributed by atoms with Crippen LogP contribution in [0.5, 0.6) is 0 Å². The lowest BCUT2D eigenvalue weighted by atomic mass is 10.1. The fourth-order valence-corrected chi connectivity index (χ4v) is 1.98. The fraction of sp³-hybridized carbons (Fsp3) is 0.0714. The van der Waals surface area contributed by atoms with Crippen molar-refractivity contribution < 1.29 is 4.39 Å². The monoisotopic (exact) mass is 241 g/mol. The fourth-order valence-electron chi connectivity index (χ4n) is 1.98. The van der Waals surface area contributed by atoms with Gasteiger partial charge in [-0.2, -0.15) is 0 Å². The van der Waals surface area contributed by atoms with Crippen LogP contribution in [0.1, 0.15) is 11.3 Å². The maximum atomic E-state index is 12.8. The predicted molar refractivity (Wildman–Crippen MR) is 68.8 cm³/mol. The van der Waals surface area contributed by atoms with Crippen molar-refractivity contribution in [1.82, 2.24) is 9.38 Å². The Kier molecular flexibility index (Phi) is 2.48. The van der Waals surface area contributed by atoms with Gasteiger partial charge >= 0.3 is 0 Å². The lowest BCUT2D eigenvalue weighted by Gasteiger charge is -1.97. The van der Waals surface area contributed by atoms with Crippen molar-refractivity contribution >= 4 is 11.3 Å². The SMILES string of the molecule is Nc1cccn2cc(Cc3ccc(F)cc3)nc12. The Balaban J connectivity index is 1.95. The third kappa shape index (κ3) is 1.93. The Labute approximate surface area is 104 Å². The maximum absolute atomic E-state index is 12.8. The number of hydrogen-bond donors (Lipinski definition) is 1. The molecule has 0 radical (unpaired) electrons. The Morgan fingerprint density at radius 3 is 2.67 bits per heavy atom. The topological polar surface area (TPSA) is 43.3 Å². The van der Waals surface area contributed by atoms with Gasteiger partial charge < -0.3 is 10.1 Å². The van der Waals surface area contributed by atoms with Crippen LogP contribution in [-0.4, -0.2) is 9.38 Å². The molecule has 2 aromatic heterocycles. The van der Waals surface area contributed by atoms with Gasteiger partial charge in [0.25, 0.3) is 0 Å². The lowest BCUT2D eigenvalue weighted by Crippen LogP contribution is -1.90. The molecule has 0 atom stereocenters. The smallest absolute Gasteiger partial charge is 0.160 e. The summed E-state index contributed by atoms with van der Waals surface area (Å²) in [5.74, 6) is -0.224. The van der Waals surface area contributed by atoms with E-state index in [2.05, 4.69) is 4.98 Å². The van der Waals surface area contributed by atoms with E-state index in [1.54, 1.807) is 12.1 Å². The number of benzene rings is 1. The highest BCUT2D eigenvalue weighted by atomic mass is 19.1. The first kappa shape index (κ1) is 10.8. The number of fused-ring (bicyclic) bond motifs is 1. The van der Waals surface area contributed by atoms with Gasteiger partial charge in [-0.05, 0) is 29.8 Å². The summed E-state index contributed by atoms with van der Waals surface area (Å²) in [6.07, 6.45) is 4.52. The zero-order valence-corrected chi connectivity index (χ0v) is 9.68. The van der Waals surface area contributed by atoms with Crippen molar-refractivity contribution in [3.05, 3.63) is 65.9 Å². The minimum absolute atomic E-state index is 0.224. The molecular formula is C14H12FN3. The molecule has 0 aliphatic rings. The quantitative estimate of drug-likeness (QED) is 0.749. The van der Waals surface area contributed by atoms with Crippen molar-refractivity contribution in [2.75, 3.05) is 5.73 Å². The highest BCUT2D eigenvalue weighted by Crippen LogP contribution is 2.15. The molecule has 0 fully saturated rings. The van der Waals surface area contributed by atoms with Gasteiger partial charge in [-0.1, -0.05) is 12.1 Å². The molecule has 0 amide bonds. The van der Waals surface area contributed by atoms with Crippen LogP contribution in [0.4, 0.5) is 10.1 Å². The Morgan fingerprint density at radius 1 is 1.17 bits per heavy atom. The van der Waals surface area contributed by atoms with E-state index in [9.17, 15) is 4.39 Å². The molecule has 2 N–H and O–H groups in total. The lowest BCUT2D eigenvalue weighted by molar-refractivity contribution is 0.627. The number of nitrogen functional groups attached to an aromatic ring is 1. The Hall–Kier alpha value is -2.36. The minimum Gasteiger partial charge on any atom is -0.396 e. The highest BCUT2D eigenvalue weighted by Gasteiger charge is 2.05. The molecule has 3 aromatic rings. The van der Waals surface area contributed by atoms with E-state index in [0.29, 0.717) is 12.1 Å². The predicted octanol–water partition coefficient (Wildman–Crippen LogP) is 2.65. The van der Waals surface area contributed by atoms with Crippen molar-refractivity contribution in [2.24, 2.45) is 0 Å². The molecule has 0 bridgehead atoms. The first-order valence-electron chi connectivity index (χ1n) is 5.69. The Bertz CT molecular complexity index is 686. The van der Waals surface area contributed by atoms with Crippen LogP contribution in [0.3, 0.4) is 0 Å². The normalized spacial score (nSPS) is 10.9. The van der Waals surface area contributed by atoms with Crippen LogP contribution in [0.2, 0.25) is 0 Å². The van der Waals surface area contributed by atoms with E-state index in [-0.39, 0.29) is 5.82 Å². The number of anilines is 1. The van der Waals surface area contributed by atoms with Crippen molar-refractivity contribution in [2.45, 2.75) is 6.42 Å². The van der Waals surface area contributed by atoms with Gasteiger partial charge in [-0.15, -0.1) is 0 Å². The van der Waals surface area contributed by atoms with Crippen LogP contribution in [0, 0.1) is 5.82 Å². The van der Waals surface area contributed by atoms with E-state index in [0.717, 1.165) is 16.9 Å². The molecule has 0 spiro atoms. The van der Waals surface area contributed by atoms with Crippen molar-refractivity contribution in [3.8, 4) is 0 Å². The summed E-state index contributed by atoms with van der Waals surface area (Å²) in [7, 11) is 0. The summed E-state index contributed by atoms with van der Waals surface area (Å²) < 4.78 is 14.7. The van der Waals surface area contributed by atoms with Crippen LogP contribution < -0.4 is 5.73 Å². The molecule has 18 heavy (non-hydrogen) atoms. The van der Waals surface area contributed by atoms with Crippen LogP contribution in [-0.2, 0) is 6.42 Å². The van der Waals surface area contributed by atoms with E-state index in [1.165, 1.54) is 12.1 Å². The standard InChI is InChI=1S/C14H12FN3/c15-11-5-3-10(4-6-11)8-12-9-18-7-1-2-13(16)14(18)17-12/h1-7,9H,8,16H2. The molecule has 0 saturated heterocycles. The number of nitrogens with zero attached hydrogens (tertiary/aromatic N) is 2. The van der Waals surface area contributed by atoms with E-state index < -0.39 is 0 Å². The molecule has 3 rings (SSSR count). The molecule has 0 aliphatic heterocycles. The average molecular weight is 241 g/mol. The summed E-state index contributed by atoms with van der Waals surface area (Å²) in [6, 6.07) is 10.2. The summed E-state index contributed by atoms with van der Waals surface area (Å²) in [4.78, 5) is 4.47. The van der Waals surface area contributed by atoms with Crippen LogP contribution in [0.25, 0.3) is 5.65 Å². The zero-order chi connectivity index (χ0) is 12.5. The molecule has 0 aliphatic carbocycles. The second-order valence-electron chi connectivity index (χ2n) is 4.23. The van der Waals surface area contributed by atoms with Gasteiger partial charge in [0.15, 0.2) is 5.65 Å². The van der Waals surface area contributed by atoms with Crippen LogP contribution >= 0.6 is 0 Å². The number of nitrogens with two attached hydrogens (primary N) is 1. The third-order valence-corrected chi connectivity index (χ3v) is 2.86. The summed E-state index contributed by atoms with van der Waals surface area (Å²) >= 11 is 0. The molecule has 2 heterocycles. The highest BCUT2D eigenvalue weighted by molar-refractivity contribution is 5.64. The van der Waals surface area contributed by atoms with Gasteiger partial charge in [-0.3, -0.25) is 0 Å². The van der Waals surface area contributed by atoms with Gasteiger partial charge in [0, 0.05) is 18.8 Å². The number of pyridine rings is 1. The van der Waals surface area contributed by atoms with Gasteiger partial charge in [0.1, 0.15) is 5.82 Å². The number of halogens is 1. The van der Waals surface area contributed by atoms with E-state index in [1.807, 2.05) is 28.9 Å². The third-order valence-electron chi connectivity index (χ3n) is 2.86. The maximum Gasteiger partial charge on any atom is 0.160 e. The molecule has 3 nitrogen and oxygen atoms in total. The van der Waals surface area contributed by atoms with Gasteiger partial charge in [0.2, 0.25) is 0 Å². The molecule has 4 heteroatoms. The summed E-state index contributed by atoms with van der Waals surface area (Å²) in [6.45, 7) is 0. The second kappa shape index (κ2) is 4.14. The van der Waals surface area contributed by atoms with E-state index in [4.69, 9.17) is 5.73 Å². The molecule has 1 aromatic carbocycles. The minimum atomic E-state index is -0.224. The molecular weight excluding hydrogens is 229 g/mol. The number of rotatable bonds is 2. The first-order chi connectivity index (χ1) is 8.72. The van der Waals surface area contributed by atoms with Gasteiger partial charge in [-0.25, -0.2) is 9.37 Å². The van der Waals surface area contributed by atoms with Crippen LogP contribution in [0.15, 0.2) is 48.8 Å². The average Bonchev–Trinajstić information content (AvgIpc) is 2.76. The Morgan fingerprint density at radius 2 is 1.94 bits per heavy atom. The number of imidazole rings is 1. The summed E-state index contributed by atoms with van der Waals surface area (Å²) in [5.41, 5.74) is 9.21. The number of aromatic nitrogens is 2. The largest absolute Gasteiger partial charge is 0.396 e. The van der Waals surface area contributed by atoms with Gasteiger partial charge in [0.05, 0.1) is 11.4 Å². The first-order valence-corrected chi connectivity index (χ1v) is 5.69. The molecule has 0 saturated carbocycles. The van der Waals surface area contributed by atoms with Crippen molar-refractivity contribution in [3.63, 3.8) is 0 Å². The second-order valence-corrected chi connectivity index (χ2v) is 4.23. The van der Waals surface area contributed by atoms with Crippen molar-refractivity contribution in [1.29, 1.82) is 0 Å². The summed E-state index contributed by atoms with van der Waals surface area (Å²) in [5, 5.41) is 0. The zero-order valence-electron chi connectivity index (χ0n) is 9.68. The van der Waals surface area contributed by atoms with E-state index >= 15 is 0 Å².